The van der Waals surface area contributed by atoms with Crippen molar-refractivity contribution in [3.05, 3.63) is 64.7 Å². The first-order valence-corrected chi connectivity index (χ1v) is 6.57. The van der Waals surface area contributed by atoms with Crippen molar-refractivity contribution in [1.29, 1.82) is 0 Å². The van der Waals surface area contributed by atoms with Crippen molar-refractivity contribution in [2.24, 2.45) is 5.84 Å². The Morgan fingerprint density at radius 2 is 2.00 bits per heavy atom. The molecule has 19 heavy (non-hydrogen) atoms. The van der Waals surface area contributed by atoms with Crippen LogP contribution in [-0.4, -0.2) is 6.61 Å². The summed E-state index contributed by atoms with van der Waals surface area (Å²) < 4.78 is 5.51. The minimum absolute atomic E-state index is 0.158. The number of rotatable bonds is 5. The van der Waals surface area contributed by atoms with Gasteiger partial charge in [0, 0.05) is 5.02 Å². The van der Waals surface area contributed by atoms with Crippen molar-refractivity contribution >= 4 is 11.6 Å². The molecule has 0 radical (unpaired) electrons. The van der Waals surface area contributed by atoms with Gasteiger partial charge in [0.15, 0.2) is 0 Å². The maximum Gasteiger partial charge on any atom is 0.119 e. The third-order valence-electron chi connectivity index (χ3n) is 2.89. The zero-order chi connectivity index (χ0) is 13.7. The molecule has 0 saturated carbocycles. The third kappa shape index (κ3) is 3.26. The summed E-state index contributed by atoms with van der Waals surface area (Å²) in [5.74, 6) is 6.51. The van der Waals surface area contributed by atoms with Crippen LogP contribution in [0.4, 0.5) is 0 Å². The summed E-state index contributed by atoms with van der Waals surface area (Å²) in [5, 5.41) is 0.687. The Labute approximate surface area is 118 Å². The molecule has 3 nitrogen and oxygen atoms in total. The lowest BCUT2D eigenvalue weighted by Crippen LogP contribution is -2.29. The molecule has 0 fully saturated rings. The first kappa shape index (κ1) is 13.9. The van der Waals surface area contributed by atoms with Crippen molar-refractivity contribution in [2.45, 2.75) is 13.0 Å². The number of hydrogen-bond acceptors (Lipinski definition) is 3. The van der Waals surface area contributed by atoms with Gasteiger partial charge in [0.1, 0.15) is 5.75 Å². The van der Waals surface area contributed by atoms with Crippen LogP contribution < -0.4 is 16.0 Å². The normalized spacial score (nSPS) is 12.2. The molecule has 100 valence electrons. The molecule has 1 atom stereocenters. The number of nitrogens with two attached hydrogens (primary N) is 1. The maximum absolute atomic E-state index is 6.22. The van der Waals surface area contributed by atoms with Crippen molar-refractivity contribution < 1.29 is 4.74 Å². The number of hydrogen-bond donors (Lipinski definition) is 2. The predicted molar refractivity (Wildman–Crippen MR) is 78.2 cm³/mol. The Hall–Kier alpha value is -1.55. The van der Waals surface area contributed by atoms with Gasteiger partial charge in [0.25, 0.3) is 0 Å². The number of nitrogens with one attached hydrogen (secondary N) is 1. The van der Waals surface area contributed by atoms with Gasteiger partial charge in [-0.05, 0) is 36.2 Å². The van der Waals surface area contributed by atoms with E-state index in [0.29, 0.717) is 11.6 Å². The van der Waals surface area contributed by atoms with E-state index in [-0.39, 0.29) is 6.04 Å². The van der Waals surface area contributed by atoms with Crippen molar-refractivity contribution in [1.82, 2.24) is 5.43 Å². The summed E-state index contributed by atoms with van der Waals surface area (Å²) >= 11 is 6.22. The van der Waals surface area contributed by atoms with E-state index in [1.165, 1.54) is 0 Å². The molecule has 2 aromatic carbocycles. The molecule has 4 heteroatoms. The molecule has 0 aliphatic rings. The van der Waals surface area contributed by atoms with Crippen molar-refractivity contribution in [3.63, 3.8) is 0 Å². The molecular formula is C15H17ClN2O. The molecule has 0 aliphatic heterocycles. The molecule has 0 aliphatic carbocycles. The molecule has 0 heterocycles. The fraction of sp³-hybridized carbons (Fsp3) is 0.200. The predicted octanol–water partition coefficient (Wildman–Crippen LogP) is 3.29. The molecule has 2 rings (SSSR count). The average molecular weight is 277 g/mol. The van der Waals surface area contributed by atoms with Crippen LogP contribution in [0.3, 0.4) is 0 Å². The second-order valence-corrected chi connectivity index (χ2v) is 4.53. The summed E-state index contributed by atoms with van der Waals surface area (Å²) in [7, 11) is 0. The van der Waals surface area contributed by atoms with E-state index in [1.54, 1.807) is 0 Å². The summed E-state index contributed by atoms with van der Waals surface area (Å²) in [6.45, 7) is 2.59. The van der Waals surface area contributed by atoms with E-state index in [2.05, 4.69) is 5.43 Å². The van der Waals surface area contributed by atoms with Crippen LogP contribution in [-0.2, 0) is 0 Å². The van der Waals surface area contributed by atoms with Crippen LogP contribution in [0, 0.1) is 0 Å². The van der Waals surface area contributed by atoms with E-state index in [9.17, 15) is 0 Å². The van der Waals surface area contributed by atoms with Crippen molar-refractivity contribution in [3.8, 4) is 5.75 Å². The first-order valence-electron chi connectivity index (χ1n) is 6.19. The second-order valence-electron chi connectivity index (χ2n) is 4.13. The molecule has 0 spiro atoms. The fourth-order valence-electron chi connectivity index (χ4n) is 2.03. The average Bonchev–Trinajstić information content (AvgIpc) is 2.43. The number of hydrazine groups is 1. The van der Waals surface area contributed by atoms with Gasteiger partial charge in [-0.15, -0.1) is 0 Å². The SMILES string of the molecule is CCOc1cccc(C(NN)c2ccccc2Cl)c1. The van der Waals surface area contributed by atoms with Crippen LogP contribution in [0.2, 0.25) is 5.02 Å². The van der Waals surface area contributed by atoms with E-state index < -0.39 is 0 Å². The quantitative estimate of drug-likeness (QED) is 0.651. The molecule has 2 aromatic rings. The summed E-state index contributed by atoms with van der Waals surface area (Å²) in [6.07, 6.45) is 0. The Balaban J connectivity index is 2.37. The van der Waals surface area contributed by atoms with Crippen molar-refractivity contribution in [2.75, 3.05) is 6.61 Å². The Morgan fingerprint density at radius 1 is 1.21 bits per heavy atom. The maximum atomic E-state index is 6.22. The lowest BCUT2D eigenvalue weighted by Gasteiger charge is -2.19. The van der Waals surface area contributed by atoms with Gasteiger partial charge in [-0.2, -0.15) is 0 Å². The van der Waals surface area contributed by atoms with Gasteiger partial charge in [-0.25, -0.2) is 5.43 Å². The second kappa shape index (κ2) is 6.57. The van der Waals surface area contributed by atoms with Crippen LogP contribution in [0.25, 0.3) is 0 Å². The molecule has 0 bridgehead atoms. The first-order chi connectivity index (χ1) is 9.26. The van der Waals surface area contributed by atoms with Gasteiger partial charge in [-0.3, -0.25) is 5.84 Å². The zero-order valence-corrected chi connectivity index (χ0v) is 11.5. The van der Waals surface area contributed by atoms with Gasteiger partial charge in [0.05, 0.1) is 12.6 Å². The van der Waals surface area contributed by atoms with E-state index in [0.717, 1.165) is 16.9 Å². The highest BCUT2D eigenvalue weighted by molar-refractivity contribution is 6.31. The molecule has 0 amide bonds. The number of ether oxygens (including phenoxy) is 1. The number of halogens is 1. The highest BCUT2D eigenvalue weighted by Gasteiger charge is 2.15. The molecular weight excluding hydrogens is 260 g/mol. The molecule has 3 N–H and O–H groups in total. The van der Waals surface area contributed by atoms with Gasteiger partial charge >= 0.3 is 0 Å². The minimum atomic E-state index is -0.158. The van der Waals surface area contributed by atoms with Gasteiger partial charge < -0.3 is 4.74 Å². The van der Waals surface area contributed by atoms with E-state index in [1.807, 2.05) is 55.5 Å². The summed E-state index contributed by atoms with van der Waals surface area (Å²) in [6, 6.07) is 15.3. The third-order valence-corrected chi connectivity index (χ3v) is 3.23. The monoisotopic (exact) mass is 276 g/mol. The van der Waals surface area contributed by atoms with Crippen LogP contribution in [0.15, 0.2) is 48.5 Å². The largest absolute Gasteiger partial charge is 0.494 e. The van der Waals surface area contributed by atoms with E-state index in [4.69, 9.17) is 22.2 Å². The van der Waals surface area contributed by atoms with E-state index >= 15 is 0 Å². The fourth-order valence-corrected chi connectivity index (χ4v) is 2.27. The minimum Gasteiger partial charge on any atom is -0.494 e. The Kier molecular flexibility index (Phi) is 4.80. The number of benzene rings is 2. The lowest BCUT2D eigenvalue weighted by molar-refractivity contribution is 0.339. The highest BCUT2D eigenvalue weighted by Crippen LogP contribution is 2.29. The molecule has 0 saturated heterocycles. The van der Waals surface area contributed by atoms with Crippen LogP contribution in [0.5, 0.6) is 5.75 Å². The Bertz CT molecular complexity index is 545. The van der Waals surface area contributed by atoms with Gasteiger partial charge in [-0.1, -0.05) is 41.9 Å². The van der Waals surface area contributed by atoms with Gasteiger partial charge in [0.2, 0.25) is 0 Å². The summed E-state index contributed by atoms with van der Waals surface area (Å²) in [4.78, 5) is 0. The lowest BCUT2D eigenvalue weighted by atomic mass is 9.99. The zero-order valence-electron chi connectivity index (χ0n) is 10.8. The van der Waals surface area contributed by atoms with Crippen LogP contribution >= 0.6 is 11.6 Å². The van der Waals surface area contributed by atoms with Crippen LogP contribution in [0.1, 0.15) is 24.1 Å². The smallest absolute Gasteiger partial charge is 0.119 e. The Morgan fingerprint density at radius 3 is 2.68 bits per heavy atom. The topological polar surface area (TPSA) is 47.3 Å². The highest BCUT2D eigenvalue weighted by atomic mass is 35.5. The standard InChI is InChI=1S/C15H17ClN2O/c1-2-19-12-7-5-6-11(10-12)15(18-17)13-8-3-4-9-14(13)16/h3-10,15,18H,2,17H2,1H3. The molecule has 1 unspecified atom stereocenters. The molecule has 0 aromatic heterocycles. The summed E-state index contributed by atoms with van der Waals surface area (Å²) in [5.41, 5.74) is 4.76.